The Balaban J connectivity index is 1.64. The third-order valence-electron chi connectivity index (χ3n) is 6.80. The number of rotatable bonds is 6. The Bertz CT molecular complexity index is 1590. The molecule has 9 heteroatoms. The van der Waals surface area contributed by atoms with Gasteiger partial charge in [-0.3, -0.25) is 9.71 Å². The average molecular weight is 546 g/mol. The van der Waals surface area contributed by atoms with Crippen LogP contribution in [0.3, 0.4) is 0 Å². The van der Waals surface area contributed by atoms with Crippen molar-refractivity contribution in [2.45, 2.75) is 39.8 Å². The van der Waals surface area contributed by atoms with Gasteiger partial charge in [-0.15, -0.1) is 0 Å². The summed E-state index contributed by atoms with van der Waals surface area (Å²) < 4.78 is 28.2. The molecule has 2 N–H and O–H groups in total. The number of aryl methyl sites for hydroxylation is 3. The Hall–Kier alpha value is -3.69. The zero-order valence-electron chi connectivity index (χ0n) is 22.1. The maximum Gasteiger partial charge on any atom is 0.229 e. The number of hydrogen-bond donors (Lipinski definition) is 2. The molecular weight excluding hydrogens is 514 g/mol. The second-order valence-corrected chi connectivity index (χ2v) is 12.1. The Morgan fingerprint density at radius 3 is 2.21 bits per heavy atom. The summed E-state index contributed by atoms with van der Waals surface area (Å²) in [6, 6.07) is 21.7. The molecule has 2 aromatic carbocycles. The van der Waals surface area contributed by atoms with Crippen molar-refractivity contribution in [3.8, 4) is 5.69 Å². The molecule has 0 aliphatic carbocycles. The van der Waals surface area contributed by atoms with E-state index < -0.39 is 10.0 Å². The van der Waals surface area contributed by atoms with Crippen molar-refractivity contribution in [1.82, 2.24) is 14.9 Å². The third kappa shape index (κ3) is 5.04. The van der Waals surface area contributed by atoms with Crippen molar-refractivity contribution < 1.29 is 8.42 Å². The second-order valence-electron chi connectivity index (χ2n) is 9.93. The van der Waals surface area contributed by atoms with Gasteiger partial charge in [0.05, 0.1) is 24.0 Å². The van der Waals surface area contributed by atoms with Crippen LogP contribution in [-0.4, -0.2) is 29.3 Å². The highest BCUT2D eigenvalue weighted by Gasteiger charge is 2.42. The Kier molecular flexibility index (Phi) is 6.75. The molecule has 1 fully saturated rings. The predicted molar refractivity (Wildman–Crippen MR) is 158 cm³/mol. The van der Waals surface area contributed by atoms with Gasteiger partial charge in [-0.05, 0) is 111 Å². The number of aromatic nitrogens is 2. The van der Waals surface area contributed by atoms with Gasteiger partial charge in [-0.25, -0.2) is 8.42 Å². The number of pyridine rings is 1. The molecule has 0 bridgehead atoms. The summed E-state index contributed by atoms with van der Waals surface area (Å²) in [4.78, 5) is 6.77. The van der Waals surface area contributed by atoms with Crippen LogP contribution in [0.4, 0.5) is 11.4 Å². The van der Waals surface area contributed by atoms with Crippen molar-refractivity contribution >= 4 is 38.7 Å². The predicted octanol–water partition coefficient (Wildman–Crippen LogP) is 5.65. The molecule has 196 valence electrons. The Labute approximate surface area is 229 Å². The van der Waals surface area contributed by atoms with Gasteiger partial charge in [0.25, 0.3) is 0 Å². The highest BCUT2D eigenvalue weighted by molar-refractivity contribution is 7.92. The standard InChI is InChI=1S/C29H31N5O2S2/c1-18-14-19(2)16-24(15-18)33-20(3)17-25(21(33)4)28-27(26-8-6-7-13-30-26)31-29(37)34(28)23-11-9-22(10-12-23)32-38(5,35)36/h6-17,27-28,32H,1-5H3,(H,31,37)/t27-,28+/m1/s1. The van der Waals surface area contributed by atoms with E-state index in [1.165, 1.54) is 11.1 Å². The first-order chi connectivity index (χ1) is 18.0. The van der Waals surface area contributed by atoms with Crippen LogP contribution in [0, 0.1) is 27.7 Å². The smallest absolute Gasteiger partial charge is 0.229 e. The van der Waals surface area contributed by atoms with E-state index in [2.05, 4.69) is 76.5 Å². The SMILES string of the molecule is Cc1cc(C)cc(-n2c(C)cc([C@H]3[C@@H](c4ccccn4)NC(=S)N3c3ccc(NS(C)(=O)=O)cc3)c2C)c1. The topological polar surface area (TPSA) is 79.3 Å². The summed E-state index contributed by atoms with van der Waals surface area (Å²) in [6.45, 7) is 8.51. The van der Waals surface area contributed by atoms with E-state index in [4.69, 9.17) is 12.2 Å². The van der Waals surface area contributed by atoms with Crippen molar-refractivity contribution in [1.29, 1.82) is 0 Å². The molecule has 0 spiro atoms. The normalized spacial score (nSPS) is 17.5. The van der Waals surface area contributed by atoms with Gasteiger partial charge in [0.2, 0.25) is 10.0 Å². The number of nitrogens with one attached hydrogen (secondary N) is 2. The lowest BCUT2D eigenvalue weighted by Crippen LogP contribution is -2.29. The number of thiocarbonyl (C=S) groups is 1. The number of hydrogen-bond acceptors (Lipinski definition) is 4. The maximum absolute atomic E-state index is 11.7. The van der Waals surface area contributed by atoms with E-state index in [-0.39, 0.29) is 12.1 Å². The van der Waals surface area contributed by atoms with Crippen LogP contribution in [0.2, 0.25) is 0 Å². The summed E-state index contributed by atoms with van der Waals surface area (Å²) in [7, 11) is -3.37. The fraction of sp³-hybridized carbons (Fsp3) is 0.241. The molecule has 38 heavy (non-hydrogen) atoms. The molecule has 2 aromatic heterocycles. The molecule has 1 aliphatic rings. The highest BCUT2D eigenvalue weighted by atomic mass is 32.2. The van der Waals surface area contributed by atoms with Gasteiger partial charge < -0.3 is 14.8 Å². The van der Waals surface area contributed by atoms with Crippen molar-refractivity contribution in [2.24, 2.45) is 0 Å². The third-order valence-corrected chi connectivity index (χ3v) is 7.72. The molecule has 7 nitrogen and oxygen atoms in total. The summed E-state index contributed by atoms with van der Waals surface area (Å²) in [5.74, 6) is 0. The lowest BCUT2D eigenvalue weighted by molar-refractivity contribution is 0.565. The molecule has 1 saturated heterocycles. The summed E-state index contributed by atoms with van der Waals surface area (Å²) >= 11 is 5.88. The van der Waals surface area contributed by atoms with Crippen LogP contribution in [0.15, 0.2) is 72.9 Å². The zero-order valence-corrected chi connectivity index (χ0v) is 23.7. The number of nitrogens with zero attached hydrogens (tertiary/aromatic N) is 3. The van der Waals surface area contributed by atoms with Crippen LogP contribution < -0.4 is 14.9 Å². The van der Waals surface area contributed by atoms with Crippen molar-refractivity contribution in [3.05, 3.63) is 107 Å². The summed E-state index contributed by atoms with van der Waals surface area (Å²) in [6.07, 6.45) is 2.93. The first kappa shape index (κ1) is 25.9. The minimum absolute atomic E-state index is 0.169. The molecule has 0 amide bonds. The first-order valence-electron chi connectivity index (χ1n) is 12.4. The molecule has 0 saturated carbocycles. The van der Waals surface area contributed by atoms with E-state index in [1.54, 1.807) is 18.3 Å². The van der Waals surface area contributed by atoms with Crippen LogP contribution in [0.25, 0.3) is 5.69 Å². The number of sulfonamides is 1. The molecular formula is C29H31N5O2S2. The van der Waals surface area contributed by atoms with Crippen LogP contribution >= 0.6 is 12.2 Å². The van der Waals surface area contributed by atoms with Gasteiger partial charge in [0, 0.05) is 34.6 Å². The molecule has 3 heterocycles. The average Bonchev–Trinajstić information content (AvgIpc) is 3.33. The summed E-state index contributed by atoms with van der Waals surface area (Å²) in [5.41, 5.74) is 9.23. The summed E-state index contributed by atoms with van der Waals surface area (Å²) in [5, 5.41) is 4.10. The first-order valence-corrected chi connectivity index (χ1v) is 14.7. The van der Waals surface area contributed by atoms with Crippen molar-refractivity contribution in [2.75, 3.05) is 15.9 Å². The Morgan fingerprint density at radius 1 is 0.921 bits per heavy atom. The molecule has 4 aromatic rings. The number of benzene rings is 2. The second kappa shape index (κ2) is 9.89. The van der Waals surface area contributed by atoms with Gasteiger partial charge in [-0.2, -0.15) is 0 Å². The van der Waals surface area contributed by atoms with Crippen LogP contribution in [0.5, 0.6) is 0 Å². The van der Waals surface area contributed by atoms with E-state index >= 15 is 0 Å². The van der Waals surface area contributed by atoms with Crippen LogP contribution in [-0.2, 0) is 10.0 Å². The van der Waals surface area contributed by atoms with Crippen molar-refractivity contribution in [3.63, 3.8) is 0 Å². The minimum Gasteiger partial charge on any atom is -0.351 e. The maximum atomic E-state index is 11.7. The van der Waals surface area contributed by atoms with E-state index in [0.717, 1.165) is 40.3 Å². The van der Waals surface area contributed by atoms with E-state index in [1.807, 2.05) is 30.3 Å². The molecule has 2 atom stereocenters. The van der Waals surface area contributed by atoms with Gasteiger partial charge in [-0.1, -0.05) is 12.1 Å². The molecule has 0 unspecified atom stereocenters. The van der Waals surface area contributed by atoms with Gasteiger partial charge in [0.1, 0.15) is 0 Å². The van der Waals surface area contributed by atoms with E-state index in [0.29, 0.717) is 10.8 Å². The molecule has 1 aliphatic heterocycles. The molecule has 5 rings (SSSR count). The Morgan fingerprint density at radius 2 is 1.61 bits per heavy atom. The monoisotopic (exact) mass is 545 g/mol. The lowest BCUT2D eigenvalue weighted by Gasteiger charge is -2.28. The van der Waals surface area contributed by atoms with E-state index in [9.17, 15) is 8.42 Å². The fourth-order valence-electron chi connectivity index (χ4n) is 5.42. The quantitative estimate of drug-likeness (QED) is 0.305. The largest absolute Gasteiger partial charge is 0.351 e. The minimum atomic E-state index is -3.37. The lowest BCUT2D eigenvalue weighted by atomic mass is 9.96. The van der Waals surface area contributed by atoms with Gasteiger partial charge >= 0.3 is 0 Å². The van der Waals surface area contributed by atoms with Crippen LogP contribution in [0.1, 0.15) is 45.9 Å². The highest BCUT2D eigenvalue weighted by Crippen LogP contribution is 2.44. The van der Waals surface area contributed by atoms with Gasteiger partial charge in [0.15, 0.2) is 5.11 Å². The number of anilines is 2. The fourth-order valence-corrected chi connectivity index (χ4v) is 6.33. The zero-order chi connectivity index (χ0) is 27.2. The molecule has 0 radical (unpaired) electrons.